The Balaban J connectivity index is 1.10. The predicted molar refractivity (Wildman–Crippen MR) is 156 cm³/mol. The Bertz CT molecular complexity index is 1100. The molecule has 9 heteroatoms. The molecule has 0 atom stereocenters. The molecule has 0 aromatic heterocycles. The van der Waals surface area contributed by atoms with Crippen molar-refractivity contribution in [2.24, 2.45) is 0 Å². The fourth-order valence-corrected chi connectivity index (χ4v) is 5.74. The first-order valence-corrected chi connectivity index (χ1v) is 15.0. The molecule has 0 spiro atoms. The first kappa shape index (κ1) is 30.4. The normalized spacial score (nSPS) is 14.6. The van der Waals surface area contributed by atoms with E-state index in [1.165, 1.54) is 40.8 Å². The smallest absolute Gasteiger partial charge is 0.407 e. The molecule has 0 unspecified atom stereocenters. The van der Waals surface area contributed by atoms with E-state index in [-0.39, 0.29) is 31.1 Å². The van der Waals surface area contributed by atoms with Crippen LogP contribution in [0.1, 0.15) is 81.3 Å². The highest BCUT2D eigenvalue weighted by Crippen LogP contribution is 2.44. The van der Waals surface area contributed by atoms with Gasteiger partial charge in [0, 0.05) is 25.9 Å². The molecule has 0 saturated heterocycles. The number of alkyl carbamates (subject to hydrolysis) is 2. The molecule has 0 aliphatic heterocycles. The van der Waals surface area contributed by atoms with Crippen molar-refractivity contribution in [1.82, 2.24) is 15.7 Å². The first-order valence-electron chi connectivity index (χ1n) is 15.0. The van der Waals surface area contributed by atoms with Crippen molar-refractivity contribution in [1.29, 1.82) is 0 Å². The molecule has 2 aliphatic carbocycles. The number of hydroxylamine groups is 2. The fourth-order valence-electron chi connectivity index (χ4n) is 5.74. The van der Waals surface area contributed by atoms with Crippen LogP contribution in [-0.4, -0.2) is 62.6 Å². The van der Waals surface area contributed by atoms with Gasteiger partial charge in [0.15, 0.2) is 0 Å². The van der Waals surface area contributed by atoms with E-state index in [4.69, 9.17) is 14.3 Å². The highest BCUT2D eigenvalue weighted by atomic mass is 16.7. The lowest BCUT2D eigenvalue weighted by Crippen LogP contribution is -2.42. The van der Waals surface area contributed by atoms with Crippen LogP contribution in [-0.2, 0) is 19.1 Å². The Morgan fingerprint density at radius 1 is 0.805 bits per heavy atom. The van der Waals surface area contributed by atoms with Crippen LogP contribution in [0.3, 0.4) is 0 Å². The number of ether oxygens (including phenoxy) is 2. The quantitative estimate of drug-likeness (QED) is 0.217. The Kier molecular flexibility index (Phi) is 11.9. The average Bonchev–Trinajstić information content (AvgIpc) is 3.33. The number of rotatable bonds is 14. The maximum absolute atomic E-state index is 12.9. The largest absolute Gasteiger partial charge is 0.449 e. The van der Waals surface area contributed by atoms with Gasteiger partial charge in [-0.25, -0.2) is 14.7 Å². The Labute approximate surface area is 242 Å². The molecule has 0 heterocycles. The zero-order chi connectivity index (χ0) is 28.9. The molecule has 2 N–H and O–H groups in total. The first-order chi connectivity index (χ1) is 20.1. The molecule has 41 heavy (non-hydrogen) atoms. The molecule has 4 rings (SSSR count). The molecule has 0 bridgehead atoms. The summed E-state index contributed by atoms with van der Waals surface area (Å²) in [5.41, 5.74) is 4.81. The van der Waals surface area contributed by atoms with Crippen molar-refractivity contribution in [3.8, 4) is 11.1 Å². The maximum Gasteiger partial charge on any atom is 0.407 e. The van der Waals surface area contributed by atoms with Gasteiger partial charge in [0.2, 0.25) is 5.91 Å². The molecule has 2 aromatic rings. The third-order valence-electron chi connectivity index (χ3n) is 7.83. The molecule has 1 fully saturated rings. The van der Waals surface area contributed by atoms with Gasteiger partial charge in [-0.15, -0.1) is 0 Å². The van der Waals surface area contributed by atoms with E-state index in [0.717, 1.165) is 51.4 Å². The monoisotopic (exact) mass is 565 g/mol. The second-order valence-corrected chi connectivity index (χ2v) is 10.6. The van der Waals surface area contributed by atoms with E-state index in [1.54, 1.807) is 0 Å². The van der Waals surface area contributed by atoms with E-state index in [2.05, 4.69) is 34.9 Å². The average molecular weight is 566 g/mol. The topological polar surface area (TPSA) is 106 Å². The summed E-state index contributed by atoms with van der Waals surface area (Å²) in [5.74, 6) is 0.0276. The molecule has 0 radical (unpaired) electrons. The van der Waals surface area contributed by atoms with E-state index >= 15 is 0 Å². The number of fused-ring (bicyclic) bond motifs is 3. The third-order valence-corrected chi connectivity index (χ3v) is 7.83. The van der Waals surface area contributed by atoms with Crippen molar-refractivity contribution in [3.63, 3.8) is 0 Å². The molecule has 222 valence electrons. The number of unbranched alkanes of at least 4 members (excludes halogenated alkanes) is 3. The van der Waals surface area contributed by atoms with Gasteiger partial charge in [-0.3, -0.25) is 9.63 Å². The second kappa shape index (κ2) is 16.0. The molecule has 2 aromatic carbocycles. The minimum atomic E-state index is -0.516. The lowest BCUT2D eigenvalue weighted by atomic mass is 9.95. The summed E-state index contributed by atoms with van der Waals surface area (Å²) in [7, 11) is 1.50. The van der Waals surface area contributed by atoms with E-state index in [9.17, 15) is 14.4 Å². The molecule has 3 amide bonds. The van der Waals surface area contributed by atoms with Gasteiger partial charge in [-0.05, 0) is 47.9 Å². The molecule has 1 saturated carbocycles. The summed E-state index contributed by atoms with van der Waals surface area (Å²) in [6.07, 6.45) is 8.08. The lowest BCUT2D eigenvalue weighted by Gasteiger charge is -2.33. The lowest BCUT2D eigenvalue weighted by molar-refractivity contribution is -0.206. The van der Waals surface area contributed by atoms with Crippen LogP contribution >= 0.6 is 0 Å². The van der Waals surface area contributed by atoms with Crippen molar-refractivity contribution in [3.05, 3.63) is 59.7 Å². The Morgan fingerprint density at radius 3 is 2.15 bits per heavy atom. The van der Waals surface area contributed by atoms with Gasteiger partial charge in [0.05, 0.1) is 6.04 Å². The minimum Gasteiger partial charge on any atom is -0.449 e. The van der Waals surface area contributed by atoms with Crippen LogP contribution in [0, 0.1) is 0 Å². The van der Waals surface area contributed by atoms with Crippen LogP contribution in [0.25, 0.3) is 11.1 Å². The van der Waals surface area contributed by atoms with Crippen LogP contribution in [0.5, 0.6) is 0 Å². The number of carbonyl (C=O) groups is 3. The number of hydrogen-bond acceptors (Lipinski definition) is 6. The summed E-state index contributed by atoms with van der Waals surface area (Å²) in [5, 5.41) is 6.78. The van der Waals surface area contributed by atoms with Crippen LogP contribution in [0.4, 0.5) is 9.59 Å². The van der Waals surface area contributed by atoms with Gasteiger partial charge in [-0.1, -0.05) is 80.6 Å². The maximum atomic E-state index is 12.9. The van der Waals surface area contributed by atoms with Crippen molar-refractivity contribution >= 4 is 18.1 Å². The molecule has 9 nitrogen and oxygen atoms in total. The van der Waals surface area contributed by atoms with Gasteiger partial charge in [0.1, 0.15) is 19.8 Å². The summed E-state index contributed by atoms with van der Waals surface area (Å²) in [6, 6.07) is 16.7. The predicted octanol–water partition coefficient (Wildman–Crippen LogP) is 5.92. The van der Waals surface area contributed by atoms with Gasteiger partial charge >= 0.3 is 12.2 Å². The number of nitrogens with one attached hydrogen (secondary N) is 2. The van der Waals surface area contributed by atoms with E-state index < -0.39 is 12.2 Å². The van der Waals surface area contributed by atoms with Crippen LogP contribution < -0.4 is 10.6 Å². The number of amides is 3. The van der Waals surface area contributed by atoms with Gasteiger partial charge in [-0.2, -0.15) is 0 Å². The minimum absolute atomic E-state index is 0.0198. The summed E-state index contributed by atoms with van der Waals surface area (Å²) in [4.78, 5) is 42.3. The van der Waals surface area contributed by atoms with Crippen molar-refractivity contribution in [2.45, 2.75) is 76.2 Å². The summed E-state index contributed by atoms with van der Waals surface area (Å²) >= 11 is 0. The van der Waals surface area contributed by atoms with Crippen molar-refractivity contribution < 1.29 is 28.7 Å². The second-order valence-electron chi connectivity index (χ2n) is 10.6. The van der Waals surface area contributed by atoms with E-state index in [0.29, 0.717) is 19.6 Å². The van der Waals surface area contributed by atoms with Gasteiger partial charge in [0.25, 0.3) is 0 Å². The number of benzene rings is 2. The highest BCUT2D eigenvalue weighted by Gasteiger charge is 2.29. The molecule has 2 aliphatic rings. The zero-order valence-corrected chi connectivity index (χ0v) is 24.1. The van der Waals surface area contributed by atoms with Gasteiger partial charge < -0.3 is 20.1 Å². The fraction of sp³-hybridized carbons (Fsp3) is 0.531. The number of carbonyl (C=O) groups excluding carboxylic acids is 3. The standard InChI is InChI=1S/C32H43N3O6/c1-33-31(37)39-21-22-41-35(24-13-5-4-6-14-24)30(36)19-7-2-3-12-20-34-32(38)40-23-29-27-17-10-8-15-25(27)26-16-9-11-18-28(26)29/h8-11,15-18,24,29H,2-7,12-14,19-23H2,1H3,(H,33,37)(H,34,38). The third kappa shape index (κ3) is 8.70. The van der Waals surface area contributed by atoms with Crippen LogP contribution in [0.15, 0.2) is 48.5 Å². The SMILES string of the molecule is CNC(=O)OCCON(C(=O)CCCCCCNC(=O)OCC1c2ccccc2-c2ccccc21)C1CCCCC1. The molecular formula is C32H43N3O6. The summed E-state index contributed by atoms with van der Waals surface area (Å²) in [6.45, 7) is 1.08. The van der Waals surface area contributed by atoms with Crippen LogP contribution in [0.2, 0.25) is 0 Å². The Morgan fingerprint density at radius 2 is 1.46 bits per heavy atom. The van der Waals surface area contributed by atoms with E-state index in [1.807, 2.05) is 24.3 Å². The van der Waals surface area contributed by atoms with Crippen molar-refractivity contribution in [2.75, 3.05) is 33.4 Å². The summed E-state index contributed by atoms with van der Waals surface area (Å²) < 4.78 is 10.6. The molecular weight excluding hydrogens is 522 g/mol. The highest BCUT2D eigenvalue weighted by molar-refractivity contribution is 5.79. The zero-order valence-electron chi connectivity index (χ0n) is 24.1. The number of hydrogen-bond donors (Lipinski definition) is 2. The number of nitrogens with zero attached hydrogens (tertiary/aromatic N) is 1. The Hall–Kier alpha value is -3.59.